The van der Waals surface area contributed by atoms with Crippen LogP contribution in [0.2, 0.25) is 0 Å². The zero-order chi connectivity index (χ0) is 25.5. The number of methoxy groups -OCH3 is 2. The maximum absolute atomic E-state index is 13.3. The summed E-state index contributed by atoms with van der Waals surface area (Å²) in [5.74, 6) is 0.957. The van der Waals surface area contributed by atoms with Crippen LogP contribution in [-0.2, 0) is 6.54 Å². The molecule has 0 spiro atoms. The Morgan fingerprint density at radius 2 is 1.77 bits per heavy atom. The van der Waals surface area contributed by atoms with Gasteiger partial charge in [0, 0.05) is 24.2 Å². The monoisotopic (exact) mass is 497 g/mol. The van der Waals surface area contributed by atoms with E-state index in [0.717, 1.165) is 6.42 Å². The standard InChI is InChI=1S/C26H31N3O5S/c1-6-11-27-24(31)18-7-9-19-20(12-18)28-26(29(25(19)32)14-16(2)3)35-15-21(30)17-8-10-22(33-4)23(13-17)34-5/h7-10,12-13,16H,6,11,14-15H2,1-5H3,(H,27,31). The van der Waals surface area contributed by atoms with Gasteiger partial charge in [0.05, 0.1) is 30.9 Å². The van der Waals surface area contributed by atoms with Crippen molar-refractivity contribution in [1.82, 2.24) is 14.9 Å². The number of Topliss-reactive ketones (excluding diaryl/α,β-unsaturated/α-hetero) is 1. The first-order valence-corrected chi connectivity index (χ1v) is 12.5. The lowest BCUT2D eigenvalue weighted by Gasteiger charge is -2.15. The van der Waals surface area contributed by atoms with Crippen LogP contribution < -0.4 is 20.3 Å². The average molecular weight is 498 g/mol. The van der Waals surface area contributed by atoms with Gasteiger partial charge in [-0.3, -0.25) is 19.0 Å². The van der Waals surface area contributed by atoms with Gasteiger partial charge >= 0.3 is 0 Å². The number of nitrogens with one attached hydrogen (secondary N) is 1. The molecule has 0 radical (unpaired) electrons. The molecule has 0 unspecified atom stereocenters. The Morgan fingerprint density at radius 3 is 2.43 bits per heavy atom. The predicted octanol–water partition coefficient (Wildman–Crippen LogP) is 4.18. The Kier molecular flexibility index (Phi) is 8.92. The molecule has 0 fully saturated rings. The highest BCUT2D eigenvalue weighted by Gasteiger charge is 2.17. The molecule has 0 aliphatic rings. The van der Waals surface area contributed by atoms with Crippen LogP contribution in [0, 0.1) is 5.92 Å². The quantitative estimate of drug-likeness (QED) is 0.241. The van der Waals surface area contributed by atoms with Gasteiger partial charge in [0.2, 0.25) is 0 Å². The van der Waals surface area contributed by atoms with E-state index in [1.807, 2.05) is 20.8 Å². The number of amides is 1. The molecule has 0 atom stereocenters. The van der Waals surface area contributed by atoms with Crippen molar-refractivity contribution >= 4 is 34.4 Å². The van der Waals surface area contributed by atoms with Gasteiger partial charge in [-0.15, -0.1) is 0 Å². The number of hydrogen-bond donors (Lipinski definition) is 1. The van der Waals surface area contributed by atoms with Gasteiger partial charge < -0.3 is 14.8 Å². The molecule has 1 aromatic heterocycles. The summed E-state index contributed by atoms with van der Waals surface area (Å²) in [6.45, 7) is 7.04. The highest BCUT2D eigenvalue weighted by Crippen LogP contribution is 2.29. The molecular weight excluding hydrogens is 466 g/mol. The molecule has 3 aromatic rings. The van der Waals surface area contributed by atoms with Crippen LogP contribution in [0.1, 0.15) is 47.9 Å². The van der Waals surface area contributed by atoms with Crippen LogP contribution in [0.5, 0.6) is 11.5 Å². The highest BCUT2D eigenvalue weighted by molar-refractivity contribution is 7.99. The second-order valence-electron chi connectivity index (χ2n) is 8.47. The summed E-state index contributed by atoms with van der Waals surface area (Å²) in [6, 6.07) is 9.92. The first kappa shape index (κ1) is 26.3. The van der Waals surface area contributed by atoms with Gasteiger partial charge in [0.1, 0.15) is 0 Å². The maximum Gasteiger partial charge on any atom is 0.262 e. The van der Waals surface area contributed by atoms with Crippen LogP contribution >= 0.6 is 11.8 Å². The number of carbonyl (C=O) groups excluding carboxylic acids is 2. The second kappa shape index (κ2) is 11.9. The van der Waals surface area contributed by atoms with Crippen molar-refractivity contribution in [3.05, 3.63) is 57.9 Å². The molecular formula is C26H31N3O5S. The van der Waals surface area contributed by atoms with Crippen molar-refractivity contribution in [1.29, 1.82) is 0 Å². The summed E-state index contributed by atoms with van der Waals surface area (Å²) in [4.78, 5) is 43.3. The Morgan fingerprint density at radius 1 is 1.06 bits per heavy atom. The maximum atomic E-state index is 13.3. The number of benzene rings is 2. The van der Waals surface area contributed by atoms with Crippen molar-refractivity contribution < 1.29 is 19.1 Å². The lowest BCUT2D eigenvalue weighted by Crippen LogP contribution is -2.27. The van der Waals surface area contributed by atoms with E-state index in [4.69, 9.17) is 9.47 Å². The van der Waals surface area contributed by atoms with Gasteiger partial charge in [-0.2, -0.15) is 0 Å². The summed E-state index contributed by atoms with van der Waals surface area (Å²) < 4.78 is 12.1. The fraction of sp³-hybridized carbons (Fsp3) is 0.385. The number of rotatable bonds is 11. The molecule has 186 valence electrons. The molecule has 2 aromatic carbocycles. The van der Waals surface area contributed by atoms with E-state index in [0.29, 0.717) is 51.8 Å². The van der Waals surface area contributed by atoms with E-state index < -0.39 is 0 Å². The molecule has 1 N–H and O–H groups in total. The van der Waals surface area contributed by atoms with Crippen LogP contribution in [0.15, 0.2) is 46.3 Å². The van der Waals surface area contributed by atoms with Crippen molar-refractivity contribution in [2.75, 3.05) is 26.5 Å². The Bertz CT molecular complexity index is 1290. The van der Waals surface area contributed by atoms with Crippen LogP contribution in [-0.4, -0.2) is 47.8 Å². The average Bonchev–Trinajstić information content (AvgIpc) is 2.86. The number of nitrogens with zero attached hydrogens (tertiary/aromatic N) is 2. The first-order chi connectivity index (χ1) is 16.8. The Hall–Kier alpha value is -3.33. The zero-order valence-corrected chi connectivity index (χ0v) is 21.5. The lowest BCUT2D eigenvalue weighted by molar-refractivity contribution is 0.0952. The molecule has 35 heavy (non-hydrogen) atoms. The minimum absolute atomic E-state index is 0.0855. The normalized spacial score (nSPS) is 11.0. The zero-order valence-electron chi connectivity index (χ0n) is 20.7. The summed E-state index contributed by atoms with van der Waals surface area (Å²) in [5.41, 5.74) is 1.16. The summed E-state index contributed by atoms with van der Waals surface area (Å²) in [7, 11) is 3.05. The third-order valence-electron chi connectivity index (χ3n) is 5.30. The number of ether oxygens (including phenoxy) is 2. The molecule has 0 saturated heterocycles. The molecule has 1 amide bonds. The second-order valence-corrected chi connectivity index (χ2v) is 9.42. The third kappa shape index (κ3) is 6.22. The first-order valence-electron chi connectivity index (χ1n) is 11.5. The summed E-state index contributed by atoms with van der Waals surface area (Å²) in [6.07, 6.45) is 0.826. The molecule has 9 heteroatoms. The van der Waals surface area contributed by atoms with Crippen molar-refractivity contribution in [2.24, 2.45) is 5.92 Å². The van der Waals surface area contributed by atoms with Gasteiger partial charge in [-0.25, -0.2) is 4.98 Å². The number of hydrogen-bond acceptors (Lipinski definition) is 7. The van der Waals surface area contributed by atoms with Crippen molar-refractivity contribution in [2.45, 2.75) is 38.9 Å². The van der Waals surface area contributed by atoms with Gasteiger partial charge in [-0.05, 0) is 48.7 Å². The molecule has 0 saturated carbocycles. The van der Waals surface area contributed by atoms with Crippen LogP contribution in [0.3, 0.4) is 0 Å². The van der Waals surface area contributed by atoms with E-state index in [1.54, 1.807) is 41.0 Å². The number of ketones is 1. The number of aromatic nitrogens is 2. The van der Waals surface area contributed by atoms with E-state index in [9.17, 15) is 14.4 Å². The van der Waals surface area contributed by atoms with Crippen molar-refractivity contribution in [3.8, 4) is 11.5 Å². The molecule has 0 aliphatic heterocycles. The molecule has 8 nitrogen and oxygen atoms in total. The number of carbonyl (C=O) groups is 2. The fourth-order valence-electron chi connectivity index (χ4n) is 3.54. The van der Waals surface area contributed by atoms with Gasteiger partial charge in [0.15, 0.2) is 22.4 Å². The fourth-order valence-corrected chi connectivity index (χ4v) is 4.44. The minimum Gasteiger partial charge on any atom is -0.493 e. The van der Waals surface area contributed by atoms with Gasteiger partial charge in [0.25, 0.3) is 11.5 Å². The summed E-state index contributed by atoms with van der Waals surface area (Å²) >= 11 is 1.20. The molecule has 0 bridgehead atoms. The van der Waals surface area contributed by atoms with Crippen LogP contribution in [0.25, 0.3) is 10.9 Å². The Labute approximate surface area is 209 Å². The molecule has 3 rings (SSSR count). The largest absolute Gasteiger partial charge is 0.493 e. The van der Waals surface area contributed by atoms with E-state index in [-0.39, 0.29) is 28.9 Å². The smallest absolute Gasteiger partial charge is 0.262 e. The topological polar surface area (TPSA) is 99.5 Å². The summed E-state index contributed by atoms with van der Waals surface area (Å²) in [5, 5.41) is 3.72. The highest BCUT2D eigenvalue weighted by atomic mass is 32.2. The molecule has 0 aliphatic carbocycles. The third-order valence-corrected chi connectivity index (χ3v) is 6.28. The Balaban J connectivity index is 1.94. The van der Waals surface area contributed by atoms with E-state index in [1.165, 1.54) is 26.0 Å². The minimum atomic E-state index is -0.209. The van der Waals surface area contributed by atoms with Gasteiger partial charge in [-0.1, -0.05) is 32.5 Å². The molecule has 1 heterocycles. The van der Waals surface area contributed by atoms with E-state index >= 15 is 0 Å². The SMILES string of the molecule is CCCNC(=O)c1ccc2c(=O)n(CC(C)C)c(SCC(=O)c3ccc(OC)c(OC)c3)nc2c1. The van der Waals surface area contributed by atoms with Crippen LogP contribution in [0.4, 0.5) is 0 Å². The lowest BCUT2D eigenvalue weighted by atomic mass is 10.1. The number of thioether (sulfide) groups is 1. The van der Waals surface area contributed by atoms with E-state index in [2.05, 4.69) is 10.3 Å². The predicted molar refractivity (Wildman–Crippen MR) is 138 cm³/mol. The van der Waals surface area contributed by atoms with Crippen molar-refractivity contribution in [3.63, 3.8) is 0 Å². The number of fused-ring (bicyclic) bond motifs is 1.